The van der Waals surface area contributed by atoms with Crippen LogP contribution in [0.5, 0.6) is 0 Å². The average molecular weight is 411 g/mol. The molecule has 2 aliphatic rings. The van der Waals surface area contributed by atoms with Crippen LogP contribution in [0.4, 0.5) is 4.39 Å². The topological polar surface area (TPSA) is 99.4 Å². The van der Waals surface area contributed by atoms with E-state index in [1.165, 1.54) is 18.2 Å². The minimum atomic E-state index is -1.82. The Kier molecular flexibility index (Phi) is 4.96. The summed E-state index contributed by atoms with van der Waals surface area (Å²) in [6, 6.07) is 11.1. The predicted octanol–water partition coefficient (Wildman–Crippen LogP) is 1.10. The Balaban J connectivity index is 1.72. The maximum atomic E-state index is 14.4. The molecule has 2 unspecified atom stereocenters. The first kappa shape index (κ1) is 19.7. The summed E-state index contributed by atoms with van der Waals surface area (Å²) in [7, 11) is 0. The first-order valence-corrected chi connectivity index (χ1v) is 9.22. The molecule has 2 bridgehead atoms. The second-order valence-corrected chi connectivity index (χ2v) is 7.71. The minimum Gasteiger partial charge on any atom is -0.393 e. The lowest BCUT2D eigenvalue weighted by atomic mass is 9.83. The number of ether oxygens (including phenoxy) is 2. The molecule has 4 rings (SSSR count). The van der Waals surface area contributed by atoms with E-state index in [-0.39, 0.29) is 18.6 Å². The van der Waals surface area contributed by atoms with Gasteiger partial charge in [-0.05, 0) is 35.4 Å². The highest BCUT2D eigenvalue weighted by atomic mass is 35.5. The van der Waals surface area contributed by atoms with Gasteiger partial charge in [-0.2, -0.15) is 0 Å². The summed E-state index contributed by atoms with van der Waals surface area (Å²) in [6.45, 7) is -0.846. The van der Waals surface area contributed by atoms with Crippen molar-refractivity contribution in [2.24, 2.45) is 0 Å². The SMILES string of the molecule is OCC12CO[C@@](c3ccc(F)c(Cc4ccc(Cl)cc4)c3)(O1)[C@H](O)[C@@H](O)C2O. The van der Waals surface area contributed by atoms with Gasteiger partial charge in [0.15, 0.2) is 0 Å². The van der Waals surface area contributed by atoms with Crippen molar-refractivity contribution in [3.8, 4) is 0 Å². The first-order valence-electron chi connectivity index (χ1n) is 8.84. The second kappa shape index (κ2) is 7.03. The van der Waals surface area contributed by atoms with Crippen molar-refractivity contribution in [3.63, 3.8) is 0 Å². The van der Waals surface area contributed by atoms with Crippen LogP contribution in [0.25, 0.3) is 0 Å². The Bertz CT molecular complexity index is 877. The molecule has 0 amide bonds. The molecule has 5 atom stereocenters. The third-order valence-corrected chi connectivity index (χ3v) is 5.74. The highest BCUT2D eigenvalue weighted by molar-refractivity contribution is 6.30. The van der Waals surface area contributed by atoms with Gasteiger partial charge in [0.1, 0.15) is 29.7 Å². The molecule has 2 aromatic carbocycles. The highest BCUT2D eigenvalue weighted by Gasteiger charge is 2.67. The average Bonchev–Trinajstić information content (AvgIpc) is 3.08. The second-order valence-electron chi connectivity index (χ2n) is 7.27. The van der Waals surface area contributed by atoms with Crippen LogP contribution in [-0.4, -0.2) is 57.6 Å². The van der Waals surface area contributed by atoms with Gasteiger partial charge in [-0.15, -0.1) is 0 Å². The summed E-state index contributed by atoms with van der Waals surface area (Å²) in [5, 5.41) is 41.3. The molecule has 2 saturated heterocycles. The van der Waals surface area contributed by atoms with Crippen molar-refractivity contribution in [2.75, 3.05) is 13.2 Å². The number of hydrogen-bond acceptors (Lipinski definition) is 6. The van der Waals surface area contributed by atoms with Gasteiger partial charge >= 0.3 is 0 Å². The molecular formula is C20H20ClFO6. The number of benzene rings is 2. The summed E-state index contributed by atoms with van der Waals surface area (Å²) >= 11 is 5.88. The molecule has 0 saturated carbocycles. The Labute approximate surface area is 165 Å². The zero-order valence-electron chi connectivity index (χ0n) is 14.8. The molecule has 0 aliphatic carbocycles. The molecule has 4 N–H and O–H groups in total. The highest BCUT2D eigenvalue weighted by Crippen LogP contribution is 2.49. The van der Waals surface area contributed by atoms with E-state index in [0.717, 1.165) is 5.56 Å². The quantitative estimate of drug-likeness (QED) is 0.602. The predicted molar refractivity (Wildman–Crippen MR) is 97.2 cm³/mol. The third-order valence-electron chi connectivity index (χ3n) is 5.48. The first-order chi connectivity index (χ1) is 13.3. The summed E-state index contributed by atoms with van der Waals surface area (Å²) < 4.78 is 25.9. The van der Waals surface area contributed by atoms with Crippen LogP contribution in [0.15, 0.2) is 42.5 Å². The number of fused-ring (bicyclic) bond motifs is 2. The molecule has 6 nitrogen and oxygen atoms in total. The van der Waals surface area contributed by atoms with Crippen LogP contribution in [0.3, 0.4) is 0 Å². The van der Waals surface area contributed by atoms with Crippen LogP contribution in [0.1, 0.15) is 16.7 Å². The van der Waals surface area contributed by atoms with E-state index < -0.39 is 42.1 Å². The third kappa shape index (κ3) is 2.95. The summed E-state index contributed by atoms with van der Waals surface area (Å²) in [4.78, 5) is 0. The molecule has 0 aromatic heterocycles. The Morgan fingerprint density at radius 2 is 1.79 bits per heavy atom. The van der Waals surface area contributed by atoms with Crippen molar-refractivity contribution in [1.29, 1.82) is 0 Å². The number of hydrogen-bond donors (Lipinski definition) is 4. The fourth-order valence-electron chi connectivity index (χ4n) is 3.82. The van der Waals surface area contributed by atoms with Crippen LogP contribution in [0, 0.1) is 5.82 Å². The van der Waals surface area contributed by atoms with Crippen LogP contribution in [-0.2, 0) is 21.7 Å². The van der Waals surface area contributed by atoms with Gasteiger partial charge in [-0.3, -0.25) is 0 Å². The summed E-state index contributed by atoms with van der Waals surface area (Å²) in [6.07, 6.45) is -4.50. The van der Waals surface area contributed by atoms with Crippen molar-refractivity contribution >= 4 is 11.6 Å². The van der Waals surface area contributed by atoms with Crippen LogP contribution in [0.2, 0.25) is 5.02 Å². The van der Waals surface area contributed by atoms with Gasteiger partial charge in [0.2, 0.25) is 5.79 Å². The van der Waals surface area contributed by atoms with Gasteiger partial charge in [-0.25, -0.2) is 4.39 Å². The molecule has 2 fully saturated rings. The standard InChI is InChI=1S/C20H20ClFO6/c21-14-4-1-11(2-5-14)7-12-8-13(3-6-15(12)22)20-18(26)16(24)17(25)19(9-23,28-20)10-27-20/h1-6,8,16-18,23-26H,7,9-10H2/t16-,17?,18+,19?,20-/m0/s1. The van der Waals surface area contributed by atoms with E-state index in [1.54, 1.807) is 24.3 Å². The fraction of sp³-hybridized carbons (Fsp3) is 0.400. The lowest BCUT2D eigenvalue weighted by Crippen LogP contribution is -2.65. The molecule has 28 heavy (non-hydrogen) atoms. The summed E-state index contributed by atoms with van der Waals surface area (Å²) in [5.41, 5.74) is -0.124. The van der Waals surface area contributed by atoms with E-state index in [0.29, 0.717) is 10.6 Å². The maximum Gasteiger partial charge on any atom is 0.225 e. The monoisotopic (exact) mass is 410 g/mol. The molecule has 0 radical (unpaired) electrons. The molecule has 2 aliphatic heterocycles. The molecule has 0 spiro atoms. The Morgan fingerprint density at radius 1 is 1.07 bits per heavy atom. The lowest BCUT2D eigenvalue weighted by molar-refractivity contribution is -0.329. The normalized spacial score (nSPS) is 34.6. The number of rotatable bonds is 4. The van der Waals surface area contributed by atoms with E-state index in [9.17, 15) is 24.8 Å². The number of halogens is 2. The van der Waals surface area contributed by atoms with Crippen LogP contribution < -0.4 is 0 Å². The largest absolute Gasteiger partial charge is 0.393 e. The molecule has 8 heteroatoms. The van der Waals surface area contributed by atoms with Crippen molar-refractivity contribution in [2.45, 2.75) is 36.1 Å². The Hall–Kier alpha value is -1.58. The van der Waals surface area contributed by atoms with Gasteiger partial charge in [0.25, 0.3) is 0 Å². The zero-order chi connectivity index (χ0) is 20.1. The van der Waals surface area contributed by atoms with E-state index in [1.807, 2.05) is 0 Å². The van der Waals surface area contributed by atoms with Gasteiger partial charge in [0.05, 0.1) is 13.2 Å². The minimum absolute atomic E-state index is 0.233. The summed E-state index contributed by atoms with van der Waals surface area (Å²) in [5.74, 6) is -2.27. The lowest BCUT2D eigenvalue weighted by Gasteiger charge is -2.45. The number of aliphatic hydroxyl groups is 4. The van der Waals surface area contributed by atoms with E-state index in [2.05, 4.69) is 0 Å². The van der Waals surface area contributed by atoms with E-state index in [4.69, 9.17) is 21.1 Å². The van der Waals surface area contributed by atoms with Crippen molar-refractivity contribution in [3.05, 3.63) is 70.0 Å². The van der Waals surface area contributed by atoms with E-state index >= 15 is 0 Å². The molecule has 2 aromatic rings. The van der Waals surface area contributed by atoms with Gasteiger partial charge in [0, 0.05) is 17.0 Å². The maximum absolute atomic E-state index is 14.4. The Morgan fingerprint density at radius 3 is 2.46 bits per heavy atom. The van der Waals surface area contributed by atoms with Crippen molar-refractivity contribution in [1.82, 2.24) is 0 Å². The van der Waals surface area contributed by atoms with Crippen molar-refractivity contribution < 1.29 is 34.3 Å². The molecular weight excluding hydrogens is 391 g/mol. The molecule has 2 heterocycles. The van der Waals surface area contributed by atoms with Crippen LogP contribution >= 0.6 is 11.6 Å². The number of aliphatic hydroxyl groups excluding tert-OH is 4. The fourth-order valence-corrected chi connectivity index (χ4v) is 3.95. The molecule has 150 valence electrons. The van der Waals surface area contributed by atoms with Gasteiger partial charge < -0.3 is 29.9 Å². The smallest absolute Gasteiger partial charge is 0.225 e. The zero-order valence-corrected chi connectivity index (χ0v) is 15.5. The van der Waals surface area contributed by atoms with Gasteiger partial charge in [-0.1, -0.05) is 29.8 Å².